The number of aliphatic hydroxyl groups excluding tert-OH is 1. The number of hydrogen-bond acceptors (Lipinski definition) is 4. The third kappa shape index (κ3) is 3.76. The fourth-order valence-electron chi connectivity index (χ4n) is 1.56. The summed E-state index contributed by atoms with van der Waals surface area (Å²) in [5.41, 5.74) is 0.752. The molecule has 0 amide bonds. The quantitative estimate of drug-likeness (QED) is 0.831. The van der Waals surface area contributed by atoms with E-state index in [9.17, 15) is 8.42 Å². The maximum Gasteiger partial charge on any atom is 0.265 e. The molecule has 2 N–H and O–H groups in total. The zero-order valence-electron chi connectivity index (χ0n) is 11.0. The average molecular weight is 326 g/mol. The Morgan fingerprint density at radius 2 is 2.24 bits per heavy atom. The van der Waals surface area contributed by atoms with E-state index in [0.717, 1.165) is 0 Å². The number of hydrogen-bond donors (Lipinski definition) is 2. The van der Waals surface area contributed by atoms with Crippen molar-refractivity contribution in [2.45, 2.75) is 4.90 Å². The molecule has 0 atom stereocenters. The fourth-order valence-corrected chi connectivity index (χ4v) is 2.84. The Kier molecular flexibility index (Phi) is 4.53. The molecule has 21 heavy (non-hydrogen) atoms. The number of halogens is 1. The standard InChI is InChI=1S/C13H12ClN3O3S/c1-17-9-11(8-15-17)21(19,20)16-13-7-10(3-2-6-18)4-5-12(13)14/h4-5,7-9,16,18H,6H2,1H3. The van der Waals surface area contributed by atoms with E-state index in [4.69, 9.17) is 16.7 Å². The molecule has 8 heteroatoms. The SMILES string of the molecule is Cn1cc(S(=O)(=O)Nc2cc(C#CCO)ccc2Cl)cn1. The Morgan fingerprint density at radius 1 is 1.48 bits per heavy atom. The van der Waals surface area contributed by atoms with Crippen molar-refractivity contribution in [2.24, 2.45) is 7.05 Å². The predicted octanol–water partition coefficient (Wildman–Crippen LogP) is 1.22. The fraction of sp³-hybridized carbons (Fsp3) is 0.154. The highest BCUT2D eigenvalue weighted by atomic mass is 35.5. The lowest BCUT2D eigenvalue weighted by Crippen LogP contribution is -2.12. The molecule has 0 saturated heterocycles. The molecule has 110 valence electrons. The van der Waals surface area contributed by atoms with Gasteiger partial charge in [0.15, 0.2) is 0 Å². The molecule has 1 heterocycles. The lowest BCUT2D eigenvalue weighted by molar-refractivity contribution is 0.350. The van der Waals surface area contributed by atoms with Crippen molar-refractivity contribution in [2.75, 3.05) is 11.3 Å². The molecule has 1 aromatic carbocycles. The molecular formula is C13H12ClN3O3S. The molecule has 0 saturated carbocycles. The molecule has 0 radical (unpaired) electrons. The zero-order valence-corrected chi connectivity index (χ0v) is 12.6. The summed E-state index contributed by atoms with van der Waals surface area (Å²) >= 11 is 5.98. The molecule has 0 unspecified atom stereocenters. The third-order valence-corrected chi connectivity index (χ3v) is 4.16. The van der Waals surface area contributed by atoms with Gasteiger partial charge in [-0.05, 0) is 18.2 Å². The molecule has 0 bridgehead atoms. The molecule has 0 aliphatic rings. The van der Waals surface area contributed by atoms with Gasteiger partial charge >= 0.3 is 0 Å². The Bertz CT molecular complexity index is 819. The van der Waals surface area contributed by atoms with Crippen molar-refractivity contribution in [3.63, 3.8) is 0 Å². The Balaban J connectivity index is 2.34. The minimum Gasteiger partial charge on any atom is -0.384 e. The van der Waals surface area contributed by atoms with Crippen molar-refractivity contribution in [3.05, 3.63) is 41.2 Å². The van der Waals surface area contributed by atoms with Crippen LogP contribution in [0.5, 0.6) is 0 Å². The number of anilines is 1. The first-order valence-corrected chi connectivity index (χ1v) is 7.69. The number of nitrogens with one attached hydrogen (secondary N) is 1. The molecule has 0 aliphatic carbocycles. The van der Waals surface area contributed by atoms with E-state index in [2.05, 4.69) is 21.7 Å². The van der Waals surface area contributed by atoms with Crippen LogP contribution in [-0.4, -0.2) is 29.9 Å². The normalized spacial score (nSPS) is 10.8. The van der Waals surface area contributed by atoms with Gasteiger partial charge in [0.25, 0.3) is 10.0 Å². The largest absolute Gasteiger partial charge is 0.384 e. The maximum absolute atomic E-state index is 12.2. The Hall–Kier alpha value is -2.01. The van der Waals surface area contributed by atoms with Gasteiger partial charge in [0, 0.05) is 18.8 Å². The second-order valence-electron chi connectivity index (χ2n) is 4.11. The van der Waals surface area contributed by atoms with Crippen LogP contribution in [0.25, 0.3) is 0 Å². The van der Waals surface area contributed by atoms with E-state index in [-0.39, 0.29) is 22.2 Å². The van der Waals surface area contributed by atoms with Crippen LogP contribution in [0, 0.1) is 11.8 Å². The zero-order chi connectivity index (χ0) is 15.5. The number of rotatable bonds is 3. The molecule has 0 spiro atoms. The highest BCUT2D eigenvalue weighted by Gasteiger charge is 2.17. The van der Waals surface area contributed by atoms with Gasteiger partial charge in [0.1, 0.15) is 11.5 Å². The van der Waals surface area contributed by atoms with E-state index >= 15 is 0 Å². The van der Waals surface area contributed by atoms with E-state index in [0.29, 0.717) is 5.56 Å². The molecule has 1 aromatic heterocycles. The first-order chi connectivity index (χ1) is 9.92. The van der Waals surface area contributed by atoms with Gasteiger partial charge in [-0.3, -0.25) is 9.40 Å². The molecule has 0 fully saturated rings. The average Bonchev–Trinajstić information content (AvgIpc) is 2.87. The summed E-state index contributed by atoms with van der Waals surface area (Å²) in [6.45, 7) is -0.278. The van der Waals surface area contributed by atoms with Crippen LogP contribution in [0.1, 0.15) is 5.56 Å². The highest BCUT2D eigenvalue weighted by Crippen LogP contribution is 2.25. The van der Waals surface area contributed by atoms with Gasteiger partial charge in [-0.15, -0.1) is 0 Å². The smallest absolute Gasteiger partial charge is 0.265 e. The highest BCUT2D eigenvalue weighted by molar-refractivity contribution is 7.92. The number of benzene rings is 1. The van der Waals surface area contributed by atoms with Crippen LogP contribution >= 0.6 is 11.6 Å². The van der Waals surface area contributed by atoms with Crippen LogP contribution in [0.4, 0.5) is 5.69 Å². The number of aliphatic hydroxyl groups is 1. The third-order valence-electron chi connectivity index (χ3n) is 2.51. The van der Waals surface area contributed by atoms with Gasteiger partial charge in [-0.25, -0.2) is 8.42 Å². The second-order valence-corrected chi connectivity index (χ2v) is 6.20. The lowest BCUT2D eigenvalue weighted by atomic mass is 10.2. The summed E-state index contributed by atoms with van der Waals surface area (Å²) in [5.74, 6) is 5.16. The van der Waals surface area contributed by atoms with Crippen molar-refractivity contribution < 1.29 is 13.5 Å². The van der Waals surface area contributed by atoms with Gasteiger partial charge in [-0.1, -0.05) is 23.4 Å². The summed E-state index contributed by atoms with van der Waals surface area (Å²) in [4.78, 5) is 0.0351. The predicted molar refractivity (Wildman–Crippen MR) is 79.4 cm³/mol. The van der Waals surface area contributed by atoms with E-state index in [1.165, 1.54) is 29.2 Å². The summed E-state index contributed by atoms with van der Waals surface area (Å²) in [5, 5.41) is 12.7. The Labute approximate surface area is 127 Å². The first-order valence-electron chi connectivity index (χ1n) is 5.83. The number of nitrogens with zero attached hydrogens (tertiary/aromatic N) is 2. The molecule has 6 nitrogen and oxygen atoms in total. The first kappa shape index (κ1) is 15.4. The molecular weight excluding hydrogens is 314 g/mol. The summed E-state index contributed by atoms with van der Waals surface area (Å²) in [6.07, 6.45) is 2.62. The molecule has 2 aromatic rings. The second kappa shape index (κ2) is 6.18. The van der Waals surface area contributed by atoms with Crippen LogP contribution in [0.15, 0.2) is 35.5 Å². The van der Waals surface area contributed by atoms with Crippen LogP contribution in [0.2, 0.25) is 5.02 Å². The van der Waals surface area contributed by atoms with Crippen LogP contribution in [-0.2, 0) is 17.1 Å². The summed E-state index contributed by atoms with van der Waals surface area (Å²) in [7, 11) is -2.15. The number of aryl methyl sites for hydroxylation is 1. The number of aromatic nitrogens is 2. The molecule has 0 aliphatic heterocycles. The van der Waals surface area contributed by atoms with E-state index < -0.39 is 10.0 Å². The van der Waals surface area contributed by atoms with Crippen LogP contribution < -0.4 is 4.72 Å². The number of sulfonamides is 1. The van der Waals surface area contributed by atoms with E-state index in [1.54, 1.807) is 13.1 Å². The van der Waals surface area contributed by atoms with Gasteiger partial charge in [0.05, 0.1) is 16.9 Å². The summed E-state index contributed by atoms with van der Waals surface area (Å²) < 4.78 is 28.2. The lowest BCUT2D eigenvalue weighted by Gasteiger charge is -2.08. The van der Waals surface area contributed by atoms with Crippen molar-refractivity contribution in [1.82, 2.24) is 9.78 Å². The van der Waals surface area contributed by atoms with Gasteiger partial charge in [-0.2, -0.15) is 5.10 Å². The van der Waals surface area contributed by atoms with Crippen molar-refractivity contribution in [3.8, 4) is 11.8 Å². The maximum atomic E-state index is 12.2. The van der Waals surface area contributed by atoms with Crippen molar-refractivity contribution >= 4 is 27.3 Å². The van der Waals surface area contributed by atoms with Gasteiger partial charge in [0.2, 0.25) is 0 Å². The minimum atomic E-state index is -3.77. The Morgan fingerprint density at radius 3 is 2.86 bits per heavy atom. The minimum absolute atomic E-state index is 0.0351. The van der Waals surface area contributed by atoms with Crippen molar-refractivity contribution in [1.29, 1.82) is 0 Å². The van der Waals surface area contributed by atoms with Gasteiger partial charge < -0.3 is 5.11 Å². The van der Waals surface area contributed by atoms with E-state index in [1.807, 2.05) is 0 Å². The monoisotopic (exact) mass is 325 g/mol. The van der Waals surface area contributed by atoms with Crippen LogP contribution in [0.3, 0.4) is 0 Å². The molecule has 2 rings (SSSR count). The summed E-state index contributed by atoms with van der Waals surface area (Å²) in [6, 6.07) is 4.66. The topological polar surface area (TPSA) is 84.2 Å².